The van der Waals surface area contributed by atoms with Crippen LogP contribution in [0.5, 0.6) is 11.5 Å². The zero-order valence-corrected chi connectivity index (χ0v) is 19.0. The molecule has 0 aliphatic heterocycles. The molecular weight excluding hydrogens is 372 g/mol. The van der Waals surface area contributed by atoms with Crippen LogP contribution in [0.15, 0.2) is 48.5 Å². The Labute approximate surface area is 182 Å². The number of aryl methyl sites for hydroxylation is 1. The number of esters is 1. The van der Waals surface area contributed by atoms with Crippen LogP contribution in [0.3, 0.4) is 0 Å². The van der Waals surface area contributed by atoms with Crippen molar-refractivity contribution in [3.05, 3.63) is 59.7 Å². The predicted octanol–water partition coefficient (Wildman–Crippen LogP) is 7.77. The first-order chi connectivity index (χ1) is 14.7. The number of hydrogen-bond donors (Lipinski definition) is 0. The largest absolute Gasteiger partial charge is 0.490 e. The molecule has 1 atom stereocenters. The van der Waals surface area contributed by atoms with Gasteiger partial charge in [0.2, 0.25) is 0 Å². The minimum atomic E-state index is -0.370. The van der Waals surface area contributed by atoms with Crippen LogP contribution >= 0.6 is 0 Å². The molecule has 0 aromatic heterocycles. The number of hydrogen-bond acceptors (Lipinski definition) is 3. The second-order valence-corrected chi connectivity index (χ2v) is 7.98. The number of carbonyl (C=O) groups excluding carboxylic acids is 1. The maximum absolute atomic E-state index is 12.8. The molecule has 3 heteroatoms. The molecule has 0 saturated carbocycles. The molecule has 164 valence electrons. The van der Waals surface area contributed by atoms with E-state index < -0.39 is 0 Å². The average Bonchev–Trinajstić information content (AvgIpc) is 2.77. The summed E-state index contributed by atoms with van der Waals surface area (Å²) in [6.45, 7) is 6.56. The van der Waals surface area contributed by atoms with Gasteiger partial charge in [0, 0.05) is 0 Å². The van der Waals surface area contributed by atoms with Crippen molar-refractivity contribution in [2.45, 2.75) is 91.1 Å². The van der Waals surface area contributed by atoms with Gasteiger partial charge in [0.15, 0.2) is 0 Å². The lowest BCUT2D eigenvalue weighted by Crippen LogP contribution is -2.18. The van der Waals surface area contributed by atoms with Crippen LogP contribution in [0.4, 0.5) is 0 Å². The third kappa shape index (κ3) is 8.22. The van der Waals surface area contributed by atoms with Crippen LogP contribution in [0.1, 0.15) is 94.5 Å². The summed E-state index contributed by atoms with van der Waals surface area (Å²) in [5.74, 6) is 0.812. The molecule has 0 amide bonds. The molecule has 0 saturated heterocycles. The third-order valence-corrected chi connectivity index (χ3v) is 5.44. The van der Waals surface area contributed by atoms with Gasteiger partial charge in [-0.25, -0.2) is 4.79 Å². The molecule has 2 rings (SSSR count). The highest BCUT2D eigenvalue weighted by molar-refractivity contribution is 5.94. The van der Waals surface area contributed by atoms with Crippen molar-refractivity contribution in [2.24, 2.45) is 0 Å². The summed E-state index contributed by atoms with van der Waals surface area (Å²) in [6, 6.07) is 15.2. The number of rotatable bonds is 14. The smallest absolute Gasteiger partial charge is 0.347 e. The maximum Gasteiger partial charge on any atom is 0.347 e. The first-order valence-electron chi connectivity index (χ1n) is 11.7. The summed E-state index contributed by atoms with van der Waals surface area (Å²) in [5.41, 5.74) is 1.76. The van der Waals surface area contributed by atoms with Crippen molar-refractivity contribution in [3.63, 3.8) is 0 Å². The highest BCUT2D eigenvalue weighted by Crippen LogP contribution is 2.24. The van der Waals surface area contributed by atoms with Crippen molar-refractivity contribution in [1.82, 2.24) is 0 Å². The van der Waals surface area contributed by atoms with E-state index in [1.54, 1.807) is 6.07 Å². The Kier molecular flexibility index (Phi) is 11.1. The van der Waals surface area contributed by atoms with Crippen molar-refractivity contribution in [1.29, 1.82) is 0 Å². The standard InChI is InChI=1S/C27H38O3/c1-4-7-9-11-15-23(6-3)29-26-17-13-12-16-25(26)27(28)30-24-20-18-22(19-21-24)14-10-8-5-2/h12-13,16-21,23H,4-11,14-15H2,1-3H3. The van der Waals surface area contributed by atoms with Crippen molar-refractivity contribution < 1.29 is 14.3 Å². The van der Waals surface area contributed by atoms with Crippen LogP contribution in [-0.4, -0.2) is 12.1 Å². The number of ether oxygens (including phenoxy) is 2. The van der Waals surface area contributed by atoms with Crippen molar-refractivity contribution in [2.75, 3.05) is 0 Å². The van der Waals surface area contributed by atoms with E-state index in [9.17, 15) is 4.79 Å². The van der Waals surface area contributed by atoms with Crippen LogP contribution in [0.25, 0.3) is 0 Å². The number of carbonyl (C=O) groups is 1. The zero-order valence-electron chi connectivity index (χ0n) is 19.0. The van der Waals surface area contributed by atoms with E-state index in [-0.39, 0.29) is 12.1 Å². The summed E-state index contributed by atoms with van der Waals surface area (Å²) in [7, 11) is 0. The van der Waals surface area contributed by atoms with Gasteiger partial charge in [-0.05, 0) is 61.9 Å². The quantitative estimate of drug-likeness (QED) is 0.181. The predicted molar refractivity (Wildman–Crippen MR) is 125 cm³/mol. The Morgan fingerprint density at radius 2 is 1.53 bits per heavy atom. The molecule has 0 N–H and O–H groups in total. The lowest BCUT2D eigenvalue weighted by molar-refractivity contribution is 0.0726. The molecule has 0 aliphatic rings. The average molecular weight is 411 g/mol. The molecule has 0 bridgehead atoms. The number of unbranched alkanes of at least 4 members (excludes halogenated alkanes) is 5. The van der Waals surface area contributed by atoms with Gasteiger partial charge >= 0.3 is 5.97 Å². The Balaban J connectivity index is 1.97. The monoisotopic (exact) mass is 410 g/mol. The van der Waals surface area contributed by atoms with Crippen molar-refractivity contribution in [3.8, 4) is 11.5 Å². The third-order valence-electron chi connectivity index (χ3n) is 5.44. The molecule has 0 heterocycles. The number of para-hydroxylation sites is 1. The fourth-order valence-electron chi connectivity index (χ4n) is 3.53. The molecule has 0 fully saturated rings. The lowest BCUT2D eigenvalue weighted by Gasteiger charge is -2.19. The van der Waals surface area contributed by atoms with Gasteiger partial charge in [-0.15, -0.1) is 0 Å². The van der Waals surface area contributed by atoms with Gasteiger partial charge in [0.05, 0.1) is 6.10 Å². The minimum absolute atomic E-state index is 0.123. The van der Waals surface area contributed by atoms with Gasteiger partial charge in [-0.3, -0.25) is 0 Å². The normalized spacial score (nSPS) is 11.8. The first-order valence-corrected chi connectivity index (χ1v) is 11.7. The molecule has 0 radical (unpaired) electrons. The second-order valence-electron chi connectivity index (χ2n) is 7.98. The maximum atomic E-state index is 12.8. The van der Waals surface area contributed by atoms with E-state index in [1.807, 2.05) is 42.5 Å². The Morgan fingerprint density at radius 1 is 0.833 bits per heavy atom. The topological polar surface area (TPSA) is 35.5 Å². The molecular formula is C27H38O3. The summed E-state index contributed by atoms with van der Waals surface area (Å²) < 4.78 is 11.8. The summed E-state index contributed by atoms with van der Waals surface area (Å²) in [6.07, 6.45) is 11.7. The summed E-state index contributed by atoms with van der Waals surface area (Å²) in [4.78, 5) is 12.8. The van der Waals surface area contributed by atoms with Crippen LogP contribution < -0.4 is 9.47 Å². The van der Waals surface area contributed by atoms with Crippen molar-refractivity contribution >= 4 is 5.97 Å². The van der Waals surface area contributed by atoms with E-state index in [0.29, 0.717) is 17.1 Å². The van der Waals surface area contributed by atoms with Crippen LogP contribution in [0.2, 0.25) is 0 Å². The van der Waals surface area contributed by atoms with Gasteiger partial charge in [0.1, 0.15) is 17.1 Å². The lowest BCUT2D eigenvalue weighted by atomic mass is 10.1. The van der Waals surface area contributed by atoms with Gasteiger partial charge < -0.3 is 9.47 Å². The van der Waals surface area contributed by atoms with Gasteiger partial charge in [-0.1, -0.05) is 77.1 Å². The molecule has 2 aromatic carbocycles. The zero-order chi connectivity index (χ0) is 21.6. The summed E-state index contributed by atoms with van der Waals surface area (Å²) >= 11 is 0. The van der Waals surface area contributed by atoms with E-state index in [0.717, 1.165) is 25.7 Å². The molecule has 0 spiro atoms. The van der Waals surface area contributed by atoms with E-state index >= 15 is 0 Å². The first kappa shape index (κ1) is 24.0. The van der Waals surface area contributed by atoms with Crippen LogP contribution in [-0.2, 0) is 6.42 Å². The van der Waals surface area contributed by atoms with Gasteiger partial charge in [0.25, 0.3) is 0 Å². The van der Waals surface area contributed by atoms with E-state index in [1.165, 1.54) is 44.1 Å². The SMILES string of the molecule is CCCCCCC(CC)Oc1ccccc1C(=O)Oc1ccc(CCCCC)cc1. The van der Waals surface area contributed by atoms with Crippen LogP contribution in [0, 0.1) is 0 Å². The molecule has 1 unspecified atom stereocenters. The molecule has 0 aliphatic carbocycles. The fraction of sp³-hybridized carbons (Fsp3) is 0.519. The Hall–Kier alpha value is -2.29. The Bertz CT molecular complexity index is 736. The Morgan fingerprint density at radius 3 is 2.23 bits per heavy atom. The van der Waals surface area contributed by atoms with E-state index in [2.05, 4.69) is 20.8 Å². The summed E-state index contributed by atoms with van der Waals surface area (Å²) in [5, 5.41) is 0. The second kappa shape index (κ2) is 13.8. The fourth-order valence-corrected chi connectivity index (χ4v) is 3.53. The minimum Gasteiger partial charge on any atom is -0.490 e. The highest BCUT2D eigenvalue weighted by Gasteiger charge is 2.17. The molecule has 2 aromatic rings. The number of benzene rings is 2. The van der Waals surface area contributed by atoms with E-state index in [4.69, 9.17) is 9.47 Å². The molecule has 3 nitrogen and oxygen atoms in total. The van der Waals surface area contributed by atoms with Gasteiger partial charge in [-0.2, -0.15) is 0 Å². The highest BCUT2D eigenvalue weighted by atomic mass is 16.5. The molecule has 30 heavy (non-hydrogen) atoms.